The molecule has 0 aliphatic heterocycles. The Kier molecular flexibility index (Phi) is 16.7. The number of carbonyl (C=O) groups is 3. The van der Waals surface area contributed by atoms with Gasteiger partial charge in [0.15, 0.2) is 0 Å². The highest BCUT2D eigenvalue weighted by molar-refractivity contribution is 8.00. The van der Waals surface area contributed by atoms with Gasteiger partial charge in [-0.1, -0.05) is 91.0 Å². The van der Waals surface area contributed by atoms with E-state index in [-0.39, 0.29) is 44.7 Å². The number of hydrogen-bond acceptors (Lipinski definition) is 10. The third kappa shape index (κ3) is 12.1. The third-order valence-electron chi connectivity index (χ3n) is 6.60. The summed E-state index contributed by atoms with van der Waals surface area (Å²) in [6.07, 6.45) is -0.717. The standard InChI is InChI=1S/C35H43NO9S/c1-3-43-34(39)45-26-24-42-22-20-40-19-21-41-23-25-44-33(38)32(36-28(2)37)27-46-35(29-13-7-4-8-14-29,30-15-9-5-10-16-30)31-17-11-6-12-18-31/h4-18,32H,3,19-27H2,1-2H3,(H,36,37)/t32-/m0/s1. The molecule has 248 valence electrons. The first kappa shape index (κ1) is 36.6. The van der Waals surface area contributed by atoms with Gasteiger partial charge in [0, 0.05) is 12.7 Å². The number of esters is 1. The average Bonchev–Trinajstić information content (AvgIpc) is 3.08. The van der Waals surface area contributed by atoms with Crippen molar-refractivity contribution in [2.45, 2.75) is 24.6 Å². The highest BCUT2D eigenvalue weighted by Crippen LogP contribution is 2.48. The fraction of sp³-hybridized carbons (Fsp3) is 0.400. The molecule has 1 N–H and O–H groups in total. The van der Waals surface area contributed by atoms with Crippen molar-refractivity contribution in [2.75, 3.05) is 65.2 Å². The molecular formula is C35H43NO9S. The fourth-order valence-corrected chi connectivity index (χ4v) is 6.12. The van der Waals surface area contributed by atoms with Crippen molar-refractivity contribution in [3.63, 3.8) is 0 Å². The number of ether oxygens (including phenoxy) is 6. The van der Waals surface area contributed by atoms with Crippen molar-refractivity contribution >= 4 is 29.8 Å². The minimum atomic E-state index is -0.871. The molecule has 0 unspecified atom stereocenters. The summed E-state index contributed by atoms with van der Waals surface area (Å²) in [5, 5.41) is 2.77. The molecule has 0 fully saturated rings. The van der Waals surface area contributed by atoms with Crippen LogP contribution in [-0.2, 0) is 42.8 Å². The summed E-state index contributed by atoms with van der Waals surface area (Å²) >= 11 is 1.57. The number of carbonyl (C=O) groups excluding carboxylic acids is 3. The van der Waals surface area contributed by atoms with Crippen LogP contribution in [0.25, 0.3) is 0 Å². The van der Waals surface area contributed by atoms with Gasteiger partial charge in [-0.15, -0.1) is 11.8 Å². The second kappa shape index (κ2) is 21.0. The number of nitrogens with one attached hydrogen (secondary N) is 1. The molecule has 0 saturated carbocycles. The van der Waals surface area contributed by atoms with Crippen LogP contribution in [0.4, 0.5) is 4.79 Å². The first-order chi connectivity index (χ1) is 22.5. The largest absolute Gasteiger partial charge is 0.508 e. The normalized spacial score (nSPS) is 11.8. The van der Waals surface area contributed by atoms with Crippen molar-refractivity contribution in [3.05, 3.63) is 108 Å². The van der Waals surface area contributed by atoms with Gasteiger partial charge in [-0.05, 0) is 23.6 Å². The Bertz CT molecular complexity index is 1200. The SMILES string of the molecule is CCOC(=O)OCCOCCOCCOCCOC(=O)[C@H](CSC(c1ccccc1)(c1ccccc1)c1ccccc1)NC(C)=O. The van der Waals surface area contributed by atoms with Crippen LogP contribution >= 0.6 is 11.8 Å². The number of benzene rings is 3. The Morgan fingerprint density at radius 2 is 1.04 bits per heavy atom. The molecule has 0 aliphatic carbocycles. The van der Waals surface area contributed by atoms with Gasteiger partial charge in [0.25, 0.3) is 0 Å². The van der Waals surface area contributed by atoms with Crippen LogP contribution in [0.1, 0.15) is 30.5 Å². The molecule has 0 aromatic heterocycles. The van der Waals surface area contributed by atoms with Gasteiger partial charge in [0.2, 0.25) is 5.91 Å². The van der Waals surface area contributed by atoms with Gasteiger partial charge in [-0.2, -0.15) is 0 Å². The van der Waals surface area contributed by atoms with Crippen LogP contribution in [0.3, 0.4) is 0 Å². The molecule has 0 heterocycles. The summed E-state index contributed by atoms with van der Waals surface area (Å²) in [4.78, 5) is 36.4. The molecule has 0 spiro atoms. The maximum atomic E-state index is 13.2. The molecule has 0 saturated heterocycles. The summed E-state index contributed by atoms with van der Waals surface area (Å²) in [5.74, 6) is -0.589. The van der Waals surface area contributed by atoms with E-state index in [1.54, 1.807) is 18.7 Å². The van der Waals surface area contributed by atoms with E-state index in [1.165, 1.54) is 6.92 Å². The Morgan fingerprint density at radius 1 is 0.630 bits per heavy atom. The lowest BCUT2D eigenvalue weighted by Gasteiger charge is -2.36. The zero-order valence-electron chi connectivity index (χ0n) is 26.4. The van der Waals surface area contributed by atoms with Crippen molar-refractivity contribution in [1.29, 1.82) is 0 Å². The predicted octanol–water partition coefficient (Wildman–Crippen LogP) is 4.98. The summed E-state index contributed by atoms with van der Waals surface area (Å²) in [5.41, 5.74) is 3.16. The Balaban J connectivity index is 1.49. The molecule has 1 atom stereocenters. The molecule has 46 heavy (non-hydrogen) atoms. The van der Waals surface area contributed by atoms with Crippen molar-refractivity contribution in [2.24, 2.45) is 0 Å². The molecule has 3 aromatic rings. The zero-order valence-corrected chi connectivity index (χ0v) is 27.2. The summed E-state index contributed by atoms with van der Waals surface area (Å²) in [6, 6.07) is 29.5. The van der Waals surface area contributed by atoms with E-state index < -0.39 is 22.9 Å². The molecule has 1 amide bonds. The molecule has 0 radical (unpaired) electrons. The monoisotopic (exact) mass is 653 g/mol. The smallest absolute Gasteiger partial charge is 0.462 e. The summed E-state index contributed by atoms with van der Waals surface area (Å²) in [6.45, 7) is 5.24. The molecule has 10 nitrogen and oxygen atoms in total. The predicted molar refractivity (Wildman–Crippen MR) is 176 cm³/mol. The third-order valence-corrected chi connectivity index (χ3v) is 8.24. The molecular weight excluding hydrogens is 610 g/mol. The van der Waals surface area contributed by atoms with Gasteiger partial charge in [-0.3, -0.25) is 4.79 Å². The minimum absolute atomic E-state index is 0.0321. The Hall–Kier alpha value is -3.90. The van der Waals surface area contributed by atoms with Gasteiger partial charge in [0.1, 0.15) is 19.3 Å². The first-order valence-corrected chi connectivity index (χ1v) is 16.2. The fourth-order valence-electron chi connectivity index (χ4n) is 4.58. The molecule has 0 bridgehead atoms. The second-order valence-electron chi connectivity index (χ2n) is 9.88. The lowest BCUT2D eigenvalue weighted by molar-refractivity contribution is -0.148. The van der Waals surface area contributed by atoms with E-state index in [0.29, 0.717) is 26.4 Å². The minimum Gasteiger partial charge on any atom is -0.462 e. The van der Waals surface area contributed by atoms with E-state index in [1.807, 2.05) is 54.6 Å². The molecule has 0 aliphatic rings. The summed E-state index contributed by atoms with van der Waals surface area (Å²) in [7, 11) is 0. The number of amides is 1. The Morgan fingerprint density at radius 3 is 1.46 bits per heavy atom. The van der Waals surface area contributed by atoms with Crippen molar-refractivity contribution in [1.82, 2.24) is 5.32 Å². The highest BCUT2D eigenvalue weighted by Gasteiger charge is 2.38. The zero-order chi connectivity index (χ0) is 32.9. The van der Waals surface area contributed by atoms with Gasteiger partial charge in [-0.25, -0.2) is 9.59 Å². The number of thioether (sulfide) groups is 1. The molecule has 3 aromatic carbocycles. The van der Waals surface area contributed by atoms with E-state index in [0.717, 1.165) is 16.7 Å². The highest BCUT2D eigenvalue weighted by atomic mass is 32.2. The van der Waals surface area contributed by atoms with Crippen molar-refractivity contribution < 1.29 is 42.8 Å². The lowest BCUT2D eigenvalue weighted by atomic mass is 9.84. The maximum Gasteiger partial charge on any atom is 0.508 e. The van der Waals surface area contributed by atoms with Gasteiger partial charge in [0.05, 0.1) is 51.0 Å². The number of hydrogen-bond donors (Lipinski definition) is 1. The van der Waals surface area contributed by atoms with Crippen LogP contribution in [-0.4, -0.2) is 89.3 Å². The maximum absolute atomic E-state index is 13.2. The Labute approximate surface area is 275 Å². The van der Waals surface area contributed by atoms with Gasteiger partial charge >= 0.3 is 12.1 Å². The van der Waals surface area contributed by atoms with Crippen molar-refractivity contribution in [3.8, 4) is 0 Å². The topological polar surface area (TPSA) is 119 Å². The van der Waals surface area contributed by atoms with E-state index in [9.17, 15) is 14.4 Å². The second-order valence-corrected chi connectivity index (χ2v) is 11.1. The van der Waals surface area contributed by atoms with E-state index >= 15 is 0 Å². The van der Waals surface area contributed by atoms with Crippen LogP contribution in [0.5, 0.6) is 0 Å². The molecule has 3 rings (SSSR count). The first-order valence-electron chi connectivity index (χ1n) is 15.2. The van der Waals surface area contributed by atoms with E-state index in [2.05, 4.69) is 46.5 Å². The average molecular weight is 654 g/mol. The van der Waals surface area contributed by atoms with Crippen LogP contribution in [0.15, 0.2) is 91.0 Å². The van der Waals surface area contributed by atoms with E-state index in [4.69, 9.17) is 23.7 Å². The quantitative estimate of drug-likeness (QED) is 0.0958. The lowest BCUT2D eigenvalue weighted by Crippen LogP contribution is -2.44. The van der Waals surface area contributed by atoms with Crippen LogP contribution < -0.4 is 5.32 Å². The van der Waals surface area contributed by atoms with Crippen LogP contribution in [0, 0.1) is 0 Å². The van der Waals surface area contributed by atoms with Gasteiger partial charge < -0.3 is 33.7 Å². The summed E-state index contributed by atoms with van der Waals surface area (Å²) < 4.78 is 30.6. The van der Waals surface area contributed by atoms with Crippen LogP contribution in [0.2, 0.25) is 0 Å². The molecule has 11 heteroatoms. The number of rotatable bonds is 21.